The predicted molar refractivity (Wildman–Crippen MR) is 103 cm³/mol. The van der Waals surface area contributed by atoms with E-state index in [0.717, 1.165) is 37.8 Å². The van der Waals surface area contributed by atoms with Gasteiger partial charge in [-0.15, -0.1) is 0 Å². The molecule has 5 heteroatoms. The minimum absolute atomic E-state index is 0.0991. The zero-order chi connectivity index (χ0) is 20.3. The van der Waals surface area contributed by atoms with E-state index in [4.69, 9.17) is 9.47 Å². The molecule has 0 aromatic heterocycles. The lowest BCUT2D eigenvalue weighted by atomic mass is 9.86. The van der Waals surface area contributed by atoms with Crippen LogP contribution in [0.5, 0.6) is 0 Å². The molecular formula is C22H35F3O2. The van der Waals surface area contributed by atoms with Crippen molar-refractivity contribution >= 4 is 0 Å². The lowest BCUT2D eigenvalue weighted by Crippen LogP contribution is -2.42. The Labute approximate surface area is 162 Å². The highest BCUT2D eigenvalue weighted by Crippen LogP contribution is 2.33. The van der Waals surface area contributed by atoms with Gasteiger partial charge in [-0.2, -0.15) is 0 Å². The van der Waals surface area contributed by atoms with Crippen LogP contribution in [-0.2, 0) is 15.9 Å². The molecule has 1 aromatic carbocycles. The van der Waals surface area contributed by atoms with E-state index >= 15 is 0 Å². The van der Waals surface area contributed by atoms with Gasteiger partial charge in [0.1, 0.15) is 17.5 Å². The van der Waals surface area contributed by atoms with E-state index in [-0.39, 0.29) is 17.9 Å². The second-order valence-electron chi connectivity index (χ2n) is 7.19. The molecule has 0 spiro atoms. The maximum absolute atomic E-state index is 14.2. The summed E-state index contributed by atoms with van der Waals surface area (Å²) >= 11 is 0. The zero-order valence-electron chi connectivity index (χ0n) is 17.3. The maximum atomic E-state index is 14.2. The van der Waals surface area contributed by atoms with Gasteiger partial charge in [0.05, 0.1) is 0 Å². The van der Waals surface area contributed by atoms with Crippen molar-refractivity contribution in [1.29, 1.82) is 0 Å². The summed E-state index contributed by atoms with van der Waals surface area (Å²) in [4.78, 5) is 0. The summed E-state index contributed by atoms with van der Waals surface area (Å²) in [5.41, 5.74) is -0.0991. The molecule has 0 bridgehead atoms. The summed E-state index contributed by atoms with van der Waals surface area (Å²) in [5.74, 6) is -3.76. The van der Waals surface area contributed by atoms with Gasteiger partial charge in [0.25, 0.3) is 0 Å². The molecule has 2 nitrogen and oxygen atoms in total. The summed E-state index contributed by atoms with van der Waals surface area (Å²) < 4.78 is 53.4. The van der Waals surface area contributed by atoms with Gasteiger partial charge in [0.2, 0.25) is 0 Å². The lowest BCUT2D eigenvalue weighted by Gasteiger charge is -2.37. The van der Waals surface area contributed by atoms with Crippen molar-refractivity contribution in [2.45, 2.75) is 84.8 Å². The van der Waals surface area contributed by atoms with Crippen LogP contribution < -0.4 is 0 Å². The second kappa shape index (κ2) is 12.4. The van der Waals surface area contributed by atoms with Crippen LogP contribution in [0.1, 0.15) is 78.2 Å². The molecule has 0 aliphatic heterocycles. The Morgan fingerprint density at radius 1 is 0.852 bits per heavy atom. The van der Waals surface area contributed by atoms with Crippen LogP contribution in [0, 0.1) is 23.4 Å². The summed E-state index contributed by atoms with van der Waals surface area (Å²) in [6, 6.07) is 1.47. The molecule has 1 rings (SSSR count). The molecule has 0 aliphatic carbocycles. The normalized spacial score (nSPS) is 13.1. The first kappa shape index (κ1) is 24.0. The summed E-state index contributed by atoms with van der Waals surface area (Å²) in [6.45, 7) is 8.64. The smallest absolute Gasteiger partial charge is 0.168 e. The quantitative estimate of drug-likeness (QED) is 0.258. The average molecular weight is 389 g/mol. The first-order valence-corrected chi connectivity index (χ1v) is 10.3. The highest BCUT2D eigenvalue weighted by Gasteiger charge is 2.36. The molecule has 1 aromatic rings. The van der Waals surface area contributed by atoms with Gasteiger partial charge >= 0.3 is 0 Å². The highest BCUT2D eigenvalue weighted by atomic mass is 19.1. The highest BCUT2D eigenvalue weighted by molar-refractivity contribution is 5.21. The van der Waals surface area contributed by atoms with E-state index in [1.165, 1.54) is 19.3 Å². The van der Waals surface area contributed by atoms with E-state index in [1.54, 1.807) is 0 Å². The molecule has 0 fully saturated rings. The Balaban J connectivity index is 2.92. The molecule has 0 aliphatic rings. The van der Waals surface area contributed by atoms with Crippen LogP contribution in [0.25, 0.3) is 0 Å². The fourth-order valence-electron chi connectivity index (χ4n) is 3.58. The number of rotatable bonds is 14. The van der Waals surface area contributed by atoms with Gasteiger partial charge < -0.3 is 9.47 Å². The van der Waals surface area contributed by atoms with Crippen molar-refractivity contribution in [1.82, 2.24) is 0 Å². The molecule has 156 valence electrons. The van der Waals surface area contributed by atoms with Crippen LogP contribution >= 0.6 is 0 Å². The fourth-order valence-corrected chi connectivity index (χ4v) is 3.58. The van der Waals surface area contributed by atoms with Crippen LogP contribution in [0.3, 0.4) is 0 Å². The van der Waals surface area contributed by atoms with Crippen molar-refractivity contribution in [2.24, 2.45) is 5.92 Å². The van der Waals surface area contributed by atoms with Gasteiger partial charge in [-0.25, -0.2) is 13.2 Å². The summed E-state index contributed by atoms with van der Waals surface area (Å²) in [7, 11) is 0. The van der Waals surface area contributed by atoms with Gasteiger partial charge in [0, 0.05) is 36.8 Å². The molecule has 0 heterocycles. The standard InChI is InChI=1S/C22H35F3O2/c1-5-8-9-10-11-12-13-17(22(4,26-6-2)27-7-3)14-19-20(24)15-18(23)16-21(19)25/h15-17H,5-14H2,1-4H3. The number of hydrogen-bond donors (Lipinski definition) is 0. The Hall–Kier alpha value is -1.07. The van der Waals surface area contributed by atoms with Crippen LogP contribution in [-0.4, -0.2) is 19.0 Å². The van der Waals surface area contributed by atoms with Gasteiger partial charge in [-0.3, -0.25) is 0 Å². The maximum Gasteiger partial charge on any atom is 0.168 e. The largest absolute Gasteiger partial charge is 0.350 e. The van der Waals surface area contributed by atoms with Crippen LogP contribution in [0.15, 0.2) is 12.1 Å². The monoisotopic (exact) mass is 388 g/mol. The molecule has 0 saturated carbocycles. The first-order valence-electron chi connectivity index (χ1n) is 10.3. The van der Waals surface area contributed by atoms with Gasteiger partial charge in [0.15, 0.2) is 5.79 Å². The molecule has 0 amide bonds. The Morgan fingerprint density at radius 2 is 1.37 bits per heavy atom. The summed E-state index contributed by atoms with van der Waals surface area (Å²) in [5, 5.41) is 0. The number of benzene rings is 1. The van der Waals surface area contributed by atoms with E-state index < -0.39 is 23.2 Å². The topological polar surface area (TPSA) is 18.5 Å². The fraction of sp³-hybridized carbons (Fsp3) is 0.727. The Morgan fingerprint density at radius 3 is 1.89 bits per heavy atom. The molecule has 0 radical (unpaired) electrons. The van der Waals surface area contributed by atoms with Gasteiger partial charge in [-0.05, 0) is 33.6 Å². The van der Waals surface area contributed by atoms with E-state index in [2.05, 4.69) is 6.92 Å². The second-order valence-corrected chi connectivity index (χ2v) is 7.19. The third-order valence-corrected chi connectivity index (χ3v) is 5.07. The van der Waals surface area contributed by atoms with Crippen molar-refractivity contribution in [3.63, 3.8) is 0 Å². The van der Waals surface area contributed by atoms with Crippen molar-refractivity contribution < 1.29 is 22.6 Å². The molecule has 1 atom stereocenters. The van der Waals surface area contributed by atoms with Crippen LogP contribution in [0.2, 0.25) is 0 Å². The number of halogens is 3. The molecule has 1 unspecified atom stereocenters. The minimum Gasteiger partial charge on any atom is -0.350 e. The van der Waals surface area contributed by atoms with E-state index in [1.807, 2.05) is 20.8 Å². The average Bonchev–Trinajstić information content (AvgIpc) is 2.59. The van der Waals surface area contributed by atoms with Crippen molar-refractivity contribution in [2.75, 3.05) is 13.2 Å². The molecule has 0 N–H and O–H groups in total. The third kappa shape index (κ3) is 7.82. The predicted octanol–water partition coefficient (Wildman–Crippen LogP) is 6.80. The lowest BCUT2D eigenvalue weighted by molar-refractivity contribution is -0.253. The Kier molecular flexibility index (Phi) is 11.0. The van der Waals surface area contributed by atoms with Gasteiger partial charge in [-0.1, -0.05) is 45.4 Å². The number of hydrogen-bond acceptors (Lipinski definition) is 2. The number of ether oxygens (including phenoxy) is 2. The first-order chi connectivity index (χ1) is 12.9. The van der Waals surface area contributed by atoms with Crippen LogP contribution in [0.4, 0.5) is 13.2 Å². The molecule has 27 heavy (non-hydrogen) atoms. The Bertz CT molecular complexity index is 519. The van der Waals surface area contributed by atoms with E-state index in [0.29, 0.717) is 13.2 Å². The molecule has 0 saturated heterocycles. The zero-order valence-corrected chi connectivity index (χ0v) is 17.3. The SMILES string of the molecule is CCCCCCCCC(Cc1c(F)cc(F)cc1F)C(C)(OCC)OCC. The minimum atomic E-state index is -0.930. The van der Waals surface area contributed by atoms with Crippen molar-refractivity contribution in [3.8, 4) is 0 Å². The number of unbranched alkanes of at least 4 members (excludes halogenated alkanes) is 5. The van der Waals surface area contributed by atoms with E-state index in [9.17, 15) is 13.2 Å². The van der Waals surface area contributed by atoms with Crippen molar-refractivity contribution in [3.05, 3.63) is 35.1 Å². The molecular weight excluding hydrogens is 353 g/mol. The third-order valence-electron chi connectivity index (χ3n) is 5.07. The summed E-state index contributed by atoms with van der Waals surface area (Å²) in [6.07, 6.45) is 7.63.